The fourth-order valence-electron chi connectivity index (χ4n) is 2.94. The fraction of sp³-hybridized carbons (Fsp3) is 0.611. The van der Waals surface area contributed by atoms with Crippen LogP contribution in [0.4, 0.5) is 0 Å². The zero-order valence-corrected chi connectivity index (χ0v) is 16.2. The third-order valence-electron chi connectivity index (χ3n) is 4.48. The van der Waals surface area contributed by atoms with Crippen molar-refractivity contribution in [3.63, 3.8) is 0 Å². The molecule has 1 aromatic carbocycles. The summed E-state index contributed by atoms with van der Waals surface area (Å²) < 4.78 is 1.10. The van der Waals surface area contributed by atoms with Crippen LogP contribution in [0.25, 0.3) is 0 Å². The van der Waals surface area contributed by atoms with Gasteiger partial charge in [0.05, 0.1) is 0 Å². The van der Waals surface area contributed by atoms with Crippen LogP contribution in [0, 0.1) is 11.3 Å². The van der Waals surface area contributed by atoms with E-state index in [0.717, 1.165) is 36.2 Å². The van der Waals surface area contributed by atoms with Crippen LogP contribution in [0.1, 0.15) is 40.0 Å². The largest absolute Gasteiger partial charge is 0.342 e. The zero-order valence-electron chi connectivity index (χ0n) is 13.8. The van der Waals surface area contributed by atoms with Gasteiger partial charge in [0.25, 0.3) is 0 Å². The molecule has 22 heavy (non-hydrogen) atoms. The highest BCUT2D eigenvalue weighted by Crippen LogP contribution is 2.34. The summed E-state index contributed by atoms with van der Waals surface area (Å²) in [5.41, 5.74) is 0.308. The summed E-state index contributed by atoms with van der Waals surface area (Å²) in [5, 5.41) is 0. The van der Waals surface area contributed by atoms with Crippen LogP contribution in [0.2, 0.25) is 0 Å². The summed E-state index contributed by atoms with van der Waals surface area (Å²) in [6.07, 6.45) is 2.89. The molecule has 1 aliphatic heterocycles. The quantitative estimate of drug-likeness (QED) is 0.664. The summed E-state index contributed by atoms with van der Waals surface area (Å²) in [4.78, 5) is 15.6. The van der Waals surface area contributed by atoms with E-state index in [4.69, 9.17) is 0 Å². The number of rotatable bonds is 4. The number of benzene rings is 1. The van der Waals surface area contributed by atoms with Gasteiger partial charge in [0.15, 0.2) is 0 Å². The molecular weight excluding hydrogens is 358 g/mol. The molecule has 0 aliphatic carbocycles. The minimum Gasteiger partial charge on any atom is -0.342 e. The van der Waals surface area contributed by atoms with Crippen LogP contribution in [0.3, 0.4) is 0 Å². The van der Waals surface area contributed by atoms with Crippen LogP contribution >= 0.6 is 27.7 Å². The van der Waals surface area contributed by atoms with Crippen molar-refractivity contribution in [2.45, 2.75) is 44.9 Å². The van der Waals surface area contributed by atoms with Gasteiger partial charge in [-0.15, -0.1) is 11.8 Å². The van der Waals surface area contributed by atoms with Crippen molar-refractivity contribution in [2.75, 3.05) is 18.8 Å². The molecule has 2 rings (SSSR count). The van der Waals surface area contributed by atoms with Gasteiger partial charge < -0.3 is 4.90 Å². The van der Waals surface area contributed by atoms with E-state index in [9.17, 15) is 4.79 Å². The molecule has 0 N–H and O–H groups in total. The maximum atomic E-state index is 12.3. The number of carbonyl (C=O) groups excluding carboxylic acids is 1. The lowest BCUT2D eigenvalue weighted by atomic mass is 9.77. The maximum absolute atomic E-state index is 12.3. The van der Waals surface area contributed by atoms with Gasteiger partial charge >= 0.3 is 0 Å². The Morgan fingerprint density at radius 1 is 1.23 bits per heavy atom. The normalized spacial score (nSPS) is 20.1. The zero-order chi connectivity index (χ0) is 16.2. The van der Waals surface area contributed by atoms with Crippen LogP contribution in [0.5, 0.6) is 0 Å². The van der Waals surface area contributed by atoms with E-state index in [1.807, 2.05) is 11.8 Å². The first-order valence-electron chi connectivity index (χ1n) is 8.02. The third kappa shape index (κ3) is 5.31. The Kier molecular flexibility index (Phi) is 6.39. The Morgan fingerprint density at radius 2 is 1.91 bits per heavy atom. The molecule has 1 heterocycles. The lowest BCUT2D eigenvalue weighted by Gasteiger charge is -2.29. The minimum atomic E-state index is 0.308. The molecular formula is C18H26BrNOS. The monoisotopic (exact) mass is 383 g/mol. The van der Waals surface area contributed by atoms with Gasteiger partial charge in [0, 0.05) is 34.6 Å². The fourth-order valence-corrected chi connectivity index (χ4v) is 4.08. The van der Waals surface area contributed by atoms with Crippen molar-refractivity contribution in [2.24, 2.45) is 11.3 Å². The second-order valence-electron chi connectivity index (χ2n) is 7.07. The highest BCUT2D eigenvalue weighted by Gasteiger charge is 2.29. The molecule has 122 valence electrons. The van der Waals surface area contributed by atoms with Gasteiger partial charge in [-0.05, 0) is 48.4 Å². The van der Waals surface area contributed by atoms with E-state index in [0.29, 0.717) is 23.7 Å². The van der Waals surface area contributed by atoms with Crippen molar-refractivity contribution < 1.29 is 4.79 Å². The average molecular weight is 384 g/mol. The van der Waals surface area contributed by atoms with Crippen LogP contribution in [-0.4, -0.2) is 29.6 Å². The third-order valence-corrected chi connectivity index (χ3v) is 6.00. The summed E-state index contributed by atoms with van der Waals surface area (Å²) >= 11 is 5.28. The van der Waals surface area contributed by atoms with Gasteiger partial charge in [0.1, 0.15) is 0 Å². The van der Waals surface area contributed by atoms with Crippen LogP contribution < -0.4 is 0 Å². The van der Waals surface area contributed by atoms with E-state index in [2.05, 4.69) is 65.9 Å². The Bertz CT molecular complexity index is 495. The van der Waals surface area contributed by atoms with E-state index in [1.54, 1.807) is 0 Å². The van der Waals surface area contributed by atoms with Gasteiger partial charge in [-0.3, -0.25) is 4.79 Å². The van der Waals surface area contributed by atoms with E-state index in [-0.39, 0.29) is 0 Å². The number of hydrogen-bond donors (Lipinski definition) is 0. The van der Waals surface area contributed by atoms with Gasteiger partial charge in [-0.25, -0.2) is 0 Å². The standard InChI is InChI=1S/C18H26BrNOS/c1-18(2,3)14-4-9-17(21)20(11-10-14)12-13-22-16-7-5-15(19)6-8-16/h5-8,14H,4,9-13H2,1-3H3/t14-/m0/s1. The predicted octanol–water partition coefficient (Wildman–Crippen LogP) is 5.22. The van der Waals surface area contributed by atoms with Gasteiger partial charge in [0.2, 0.25) is 5.91 Å². The first-order valence-corrected chi connectivity index (χ1v) is 9.80. The smallest absolute Gasteiger partial charge is 0.222 e. The molecule has 1 amide bonds. The Labute approximate surface area is 147 Å². The number of halogens is 1. The molecule has 0 spiro atoms. The molecule has 1 saturated heterocycles. The number of nitrogens with zero attached hydrogens (tertiary/aromatic N) is 1. The number of thioether (sulfide) groups is 1. The Hall–Kier alpha value is -0.480. The van der Waals surface area contributed by atoms with Crippen molar-refractivity contribution in [1.29, 1.82) is 0 Å². The number of hydrogen-bond acceptors (Lipinski definition) is 2. The second kappa shape index (κ2) is 7.87. The summed E-state index contributed by atoms with van der Waals surface area (Å²) in [6, 6.07) is 8.37. The lowest BCUT2D eigenvalue weighted by molar-refractivity contribution is -0.130. The highest BCUT2D eigenvalue weighted by atomic mass is 79.9. The SMILES string of the molecule is CC(C)(C)[C@H]1CCC(=O)N(CCSc2ccc(Br)cc2)CC1. The number of likely N-dealkylation sites (tertiary alicyclic amines) is 1. The topological polar surface area (TPSA) is 20.3 Å². The van der Waals surface area contributed by atoms with Crippen molar-refractivity contribution in [1.82, 2.24) is 4.90 Å². The summed E-state index contributed by atoms with van der Waals surface area (Å²) in [7, 11) is 0. The van der Waals surface area contributed by atoms with E-state index < -0.39 is 0 Å². The van der Waals surface area contributed by atoms with Crippen LogP contribution in [0.15, 0.2) is 33.6 Å². The Balaban J connectivity index is 1.82. The molecule has 1 atom stereocenters. The van der Waals surface area contributed by atoms with Gasteiger partial charge in [-0.1, -0.05) is 36.7 Å². The molecule has 2 nitrogen and oxygen atoms in total. The van der Waals surface area contributed by atoms with E-state index >= 15 is 0 Å². The summed E-state index contributed by atoms with van der Waals surface area (Å²) in [6.45, 7) is 8.65. The molecule has 0 aromatic heterocycles. The van der Waals surface area contributed by atoms with E-state index in [1.165, 1.54) is 4.90 Å². The molecule has 1 aromatic rings. The van der Waals surface area contributed by atoms with Crippen molar-refractivity contribution >= 4 is 33.6 Å². The Morgan fingerprint density at radius 3 is 2.55 bits per heavy atom. The molecule has 0 saturated carbocycles. The minimum absolute atomic E-state index is 0.308. The van der Waals surface area contributed by atoms with Gasteiger partial charge in [-0.2, -0.15) is 0 Å². The molecule has 1 aliphatic rings. The molecule has 0 unspecified atom stereocenters. The highest BCUT2D eigenvalue weighted by molar-refractivity contribution is 9.10. The number of amides is 1. The van der Waals surface area contributed by atoms with Crippen LogP contribution in [-0.2, 0) is 4.79 Å². The molecule has 0 bridgehead atoms. The molecule has 0 radical (unpaired) electrons. The number of carbonyl (C=O) groups is 1. The molecule has 1 fully saturated rings. The predicted molar refractivity (Wildman–Crippen MR) is 98.2 cm³/mol. The first kappa shape index (κ1) is 17.9. The van der Waals surface area contributed by atoms with Crippen molar-refractivity contribution in [3.8, 4) is 0 Å². The molecule has 4 heteroatoms. The van der Waals surface area contributed by atoms with Crippen molar-refractivity contribution in [3.05, 3.63) is 28.7 Å². The second-order valence-corrected chi connectivity index (χ2v) is 9.16. The first-order chi connectivity index (χ1) is 10.4. The average Bonchev–Trinajstić information content (AvgIpc) is 2.63. The lowest BCUT2D eigenvalue weighted by Crippen LogP contribution is -2.32. The maximum Gasteiger partial charge on any atom is 0.222 e. The summed E-state index contributed by atoms with van der Waals surface area (Å²) in [5.74, 6) is 1.96.